The van der Waals surface area contributed by atoms with Gasteiger partial charge in [0.1, 0.15) is 11.3 Å². The van der Waals surface area contributed by atoms with Gasteiger partial charge >= 0.3 is 0 Å². The summed E-state index contributed by atoms with van der Waals surface area (Å²) in [5.41, 5.74) is 6.15. The van der Waals surface area contributed by atoms with Crippen LogP contribution in [0.2, 0.25) is 5.02 Å². The molecule has 4 rings (SSSR count). The molecule has 0 saturated carbocycles. The largest absolute Gasteiger partial charge is 0.493 e. The minimum atomic E-state index is -0.298. The number of allylic oxidation sites excluding steroid dienone is 1. The smallest absolute Gasteiger partial charge is 0.248 e. The standard InChI is InChI=1S/C29H26ClNO4/c1-5-34-28-18(3)29-25(26(16-35-29)20-9-11-22(30)12-10-20)15-24(28)17(2)13-27(33)31-23-8-6-7-21(14-23)19(4)32/h6-16H,5H2,1-4H3,(H,31,33)/b17-13+. The first-order valence-corrected chi connectivity index (χ1v) is 11.7. The molecule has 0 bridgehead atoms. The lowest BCUT2D eigenvalue weighted by Crippen LogP contribution is -2.09. The van der Waals surface area contributed by atoms with Gasteiger partial charge in [0.25, 0.3) is 0 Å². The van der Waals surface area contributed by atoms with E-state index in [1.54, 1.807) is 30.5 Å². The molecule has 0 aliphatic heterocycles. The quantitative estimate of drug-likeness (QED) is 0.214. The van der Waals surface area contributed by atoms with Gasteiger partial charge in [0.05, 0.1) is 12.9 Å². The van der Waals surface area contributed by atoms with E-state index in [4.69, 9.17) is 20.8 Å². The van der Waals surface area contributed by atoms with Gasteiger partial charge in [-0.2, -0.15) is 0 Å². The zero-order valence-electron chi connectivity index (χ0n) is 20.1. The molecule has 0 radical (unpaired) electrons. The Balaban J connectivity index is 1.75. The Labute approximate surface area is 209 Å². The third-order valence-corrected chi connectivity index (χ3v) is 6.05. The van der Waals surface area contributed by atoms with E-state index < -0.39 is 0 Å². The maximum Gasteiger partial charge on any atom is 0.248 e. The fraction of sp³-hybridized carbons (Fsp3) is 0.172. The van der Waals surface area contributed by atoms with E-state index in [2.05, 4.69) is 5.32 Å². The average molecular weight is 488 g/mol. The number of benzene rings is 3. The number of rotatable bonds is 7. The minimum absolute atomic E-state index is 0.0606. The van der Waals surface area contributed by atoms with Gasteiger partial charge in [0.2, 0.25) is 5.91 Å². The molecular formula is C29H26ClNO4. The van der Waals surface area contributed by atoms with Crippen molar-refractivity contribution in [2.75, 3.05) is 11.9 Å². The lowest BCUT2D eigenvalue weighted by Gasteiger charge is -2.15. The number of fused-ring (bicyclic) bond motifs is 1. The number of anilines is 1. The Hall–Kier alpha value is -3.83. The summed E-state index contributed by atoms with van der Waals surface area (Å²) in [5.74, 6) is 0.320. The van der Waals surface area contributed by atoms with Crippen LogP contribution in [0.4, 0.5) is 5.69 Å². The highest BCUT2D eigenvalue weighted by Crippen LogP contribution is 2.41. The van der Waals surface area contributed by atoms with Crippen LogP contribution in [0.15, 0.2) is 71.4 Å². The Bertz CT molecular complexity index is 1450. The van der Waals surface area contributed by atoms with Crippen LogP contribution in [0.3, 0.4) is 0 Å². The van der Waals surface area contributed by atoms with Crippen LogP contribution in [0.1, 0.15) is 42.3 Å². The van der Waals surface area contributed by atoms with Crippen molar-refractivity contribution in [1.29, 1.82) is 0 Å². The van der Waals surface area contributed by atoms with E-state index in [1.807, 2.05) is 51.1 Å². The molecule has 0 aliphatic rings. The predicted octanol–water partition coefficient (Wildman–Crippen LogP) is 7.70. The number of ketones is 1. The van der Waals surface area contributed by atoms with E-state index in [9.17, 15) is 9.59 Å². The minimum Gasteiger partial charge on any atom is -0.493 e. The second kappa shape index (κ2) is 10.2. The molecule has 3 aromatic carbocycles. The number of ether oxygens (including phenoxy) is 1. The first-order valence-electron chi connectivity index (χ1n) is 11.3. The third-order valence-electron chi connectivity index (χ3n) is 5.80. The van der Waals surface area contributed by atoms with Crippen LogP contribution in [0, 0.1) is 6.92 Å². The molecule has 1 aromatic heterocycles. The molecule has 0 aliphatic carbocycles. The van der Waals surface area contributed by atoms with Crippen LogP contribution in [-0.2, 0) is 4.79 Å². The molecule has 0 spiro atoms. The highest BCUT2D eigenvalue weighted by atomic mass is 35.5. The first-order chi connectivity index (χ1) is 16.8. The van der Waals surface area contributed by atoms with Gasteiger partial charge < -0.3 is 14.5 Å². The van der Waals surface area contributed by atoms with Crippen LogP contribution < -0.4 is 10.1 Å². The number of hydrogen-bond acceptors (Lipinski definition) is 4. The molecule has 35 heavy (non-hydrogen) atoms. The molecule has 5 nitrogen and oxygen atoms in total. The van der Waals surface area contributed by atoms with E-state index >= 15 is 0 Å². The summed E-state index contributed by atoms with van der Waals surface area (Å²) in [6.07, 6.45) is 3.26. The van der Waals surface area contributed by atoms with Crippen LogP contribution in [-0.4, -0.2) is 18.3 Å². The molecule has 1 N–H and O–H groups in total. The van der Waals surface area contributed by atoms with Gasteiger partial charge in [-0.25, -0.2) is 0 Å². The fourth-order valence-electron chi connectivity index (χ4n) is 4.06. The molecule has 1 heterocycles. The lowest BCUT2D eigenvalue weighted by molar-refractivity contribution is -0.111. The van der Waals surface area contributed by atoms with E-state index in [-0.39, 0.29) is 11.7 Å². The van der Waals surface area contributed by atoms with Crippen LogP contribution in [0.25, 0.3) is 27.7 Å². The number of furan rings is 1. The molecule has 1 amide bonds. The number of aryl methyl sites for hydroxylation is 1. The number of carbonyl (C=O) groups excluding carboxylic acids is 2. The number of amides is 1. The van der Waals surface area contributed by atoms with Crippen molar-refractivity contribution in [1.82, 2.24) is 0 Å². The highest BCUT2D eigenvalue weighted by molar-refractivity contribution is 6.30. The SMILES string of the molecule is CCOc1c(/C(C)=C/C(=O)Nc2cccc(C(C)=O)c2)cc2c(-c3ccc(Cl)cc3)coc2c1C. The molecule has 0 saturated heterocycles. The van der Waals surface area contributed by atoms with Gasteiger partial charge in [-0.05, 0) is 69.2 Å². The zero-order chi connectivity index (χ0) is 25.1. The molecule has 178 valence electrons. The highest BCUT2D eigenvalue weighted by Gasteiger charge is 2.19. The number of carbonyl (C=O) groups is 2. The predicted molar refractivity (Wildman–Crippen MR) is 141 cm³/mol. The monoisotopic (exact) mass is 487 g/mol. The maximum atomic E-state index is 12.8. The number of hydrogen-bond donors (Lipinski definition) is 1. The molecule has 0 fully saturated rings. The van der Waals surface area contributed by atoms with Gasteiger partial charge in [0.15, 0.2) is 5.78 Å². The average Bonchev–Trinajstić information content (AvgIpc) is 3.25. The Morgan fingerprint density at radius 3 is 2.51 bits per heavy atom. The number of Topliss-reactive ketones (excluding diaryl/α,β-unsaturated/α-hetero) is 1. The number of halogens is 1. The second-order valence-corrected chi connectivity index (χ2v) is 8.73. The van der Waals surface area contributed by atoms with Crippen LogP contribution >= 0.6 is 11.6 Å². The molecule has 4 aromatic rings. The topological polar surface area (TPSA) is 68.5 Å². The zero-order valence-corrected chi connectivity index (χ0v) is 20.8. The van der Waals surface area contributed by atoms with Crippen molar-refractivity contribution in [2.24, 2.45) is 0 Å². The van der Waals surface area contributed by atoms with Crippen molar-refractivity contribution < 1.29 is 18.7 Å². The van der Waals surface area contributed by atoms with Crippen molar-refractivity contribution in [3.05, 3.63) is 88.6 Å². The maximum absolute atomic E-state index is 12.8. The Kier molecular flexibility index (Phi) is 7.08. The third kappa shape index (κ3) is 5.15. The Morgan fingerprint density at radius 2 is 1.83 bits per heavy atom. The van der Waals surface area contributed by atoms with E-state index in [1.165, 1.54) is 13.0 Å². The summed E-state index contributed by atoms with van der Waals surface area (Å²) < 4.78 is 11.9. The normalized spacial score (nSPS) is 11.5. The molecule has 0 unspecified atom stereocenters. The molecule has 0 atom stereocenters. The lowest BCUT2D eigenvalue weighted by atomic mass is 9.96. The van der Waals surface area contributed by atoms with Crippen molar-refractivity contribution in [3.8, 4) is 16.9 Å². The molecule has 6 heteroatoms. The summed E-state index contributed by atoms with van der Waals surface area (Å²) in [6, 6.07) is 16.4. The first kappa shape index (κ1) is 24.3. The Morgan fingerprint density at radius 1 is 1.09 bits per heavy atom. The van der Waals surface area contributed by atoms with Gasteiger partial charge in [-0.15, -0.1) is 0 Å². The summed E-state index contributed by atoms with van der Waals surface area (Å²) in [5, 5.41) is 4.42. The van der Waals surface area contributed by atoms with Crippen molar-refractivity contribution >= 4 is 45.5 Å². The van der Waals surface area contributed by atoms with Crippen molar-refractivity contribution in [2.45, 2.75) is 27.7 Å². The van der Waals surface area contributed by atoms with E-state index in [0.717, 1.165) is 38.8 Å². The van der Waals surface area contributed by atoms with Crippen LogP contribution in [0.5, 0.6) is 5.75 Å². The van der Waals surface area contributed by atoms with Gasteiger partial charge in [-0.1, -0.05) is 35.9 Å². The molecular weight excluding hydrogens is 462 g/mol. The summed E-state index contributed by atoms with van der Waals surface area (Å²) in [4.78, 5) is 24.5. The summed E-state index contributed by atoms with van der Waals surface area (Å²) in [7, 11) is 0. The van der Waals surface area contributed by atoms with Gasteiger partial charge in [-0.3, -0.25) is 9.59 Å². The van der Waals surface area contributed by atoms with E-state index in [0.29, 0.717) is 28.6 Å². The summed E-state index contributed by atoms with van der Waals surface area (Å²) >= 11 is 6.07. The second-order valence-electron chi connectivity index (χ2n) is 8.30. The van der Waals surface area contributed by atoms with Crippen molar-refractivity contribution in [3.63, 3.8) is 0 Å². The van der Waals surface area contributed by atoms with Gasteiger partial charge in [0, 0.05) is 44.4 Å². The summed E-state index contributed by atoms with van der Waals surface area (Å²) in [6.45, 7) is 7.71. The fourth-order valence-corrected chi connectivity index (χ4v) is 4.19. The number of nitrogens with one attached hydrogen (secondary N) is 1.